The molecule has 0 aliphatic heterocycles. The first-order valence-electron chi connectivity index (χ1n) is 3.82. The van der Waals surface area contributed by atoms with Crippen LogP contribution in [-0.2, 0) is 6.18 Å². The summed E-state index contributed by atoms with van der Waals surface area (Å²) >= 11 is 0. The largest absolute Gasteiger partial charge is 0.453 e. The number of hydrogen-bond donors (Lipinski definition) is 0. The summed E-state index contributed by atoms with van der Waals surface area (Å²) in [5, 5.41) is 2.82. The molecule has 0 fully saturated rings. The van der Waals surface area contributed by atoms with E-state index in [2.05, 4.69) is 14.7 Å². The van der Waals surface area contributed by atoms with Crippen LogP contribution in [0, 0.1) is 6.92 Å². The number of rotatable bonds is 1. The maximum Gasteiger partial charge on any atom is 0.453 e. The van der Waals surface area contributed by atoms with Crippen LogP contribution in [0.15, 0.2) is 4.52 Å². The van der Waals surface area contributed by atoms with Crippen molar-refractivity contribution in [3.8, 4) is 0 Å². The third kappa shape index (κ3) is 1.29. The summed E-state index contributed by atoms with van der Waals surface area (Å²) in [7, 11) is 0. The quantitative estimate of drug-likeness (QED) is 0.681. The molecule has 0 aliphatic rings. The van der Waals surface area contributed by atoms with Crippen molar-refractivity contribution in [2.24, 2.45) is 0 Å². The third-order valence-electron chi connectivity index (χ3n) is 1.86. The molecule has 0 saturated heterocycles. The molecule has 0 aliphatic carbocycles. The van der Waals surface area contributed by atoms with E-state index in [0.717, 1.165) is 0 Å². The molecule has 2 heterocycles. The molecule has 5 nitrogen and oxygen atoms in total. The van der Waals surface area contributed by atoms with Crippen molar-refractivity contribution < 1.29 is 22.5 Å². The highest BCUT2D eigenvalue weighted by atomic mass is 19.4. The molecule has 8 heteroatoms. The standard InChI is InChI=1S/C7H4F3N3O2/c1-3-4(2-14)13-5(7(8,9)10)12-15-6(13)11-3/h2H,1H3. The van der Waals surface area contributed by atoms with Gasteiger partial charge in [0.25, 0.3) is 5.82 Å². The summed E-state index contributed by atoms with van der Waals surface area (Å²) in [6.45, 7) is 1.41. The van der Waals surface area contributed by atoms with Crippen LogP contribution >= 0.6 is 0 Å². The Labute approximate surface area is 80.5 Å². The van der Waals surface area contributed by atoms with E-state index in [-0.39, 0.29) is 23.5 Å². The number of aryl methyl sites for hydroxylation is 1. The minimum Gasteiger partial charge on any atom is -0.314 e. The van der Waals surface area contributed by atoms with Gasteiger partial charge in [-0.1, -0.05) is 5.16 Å². The van der Waals surface area contributed by atoms with Gasteiger partial charge in [-0.15, -0.1) is 0 Å². The van der Waals surface area contributed by atoms with E-state index in [1.54, 1.807) is 0 Å². The molecule has 2 aromatic heterocycles. The molecule has 0 unspecified atom stereocenters. The van der Waals surface area contributed by atoms with Gasteiger partial charge in [0, 0.05) is 0 Å². The summed E-state index contributed by atoms with van der Waals surface area (Å²) in [5.74, 6) is -1.64. The Bertz CT molecular complexity index is 525. The summed E-state index contributed by atoms with van der Waals surface area (Å²) in [6.07, 6.45) is -4.40. The van der Waals surface area contributed by atoms with Gasteiger partial charge in [0.1, 0.15) is 5.69 Å². The number of nitrogens with zero attached hydrogens (tertiary/aromatic N) is 3. The number of fused-ring (bicyclic) bond motifs is 1. The van der Waals surface area contributed by atoms with Crippen LogP contribution in [0.1, 0.15) is 22.0 Å². The van der Waals surface area contributed by atoms with Gasteiger partial charge in [-0.2, -0.15) is 18.2 Å². The van der Waals surface area contributed by atoms with Crippen LogP contribution in [0.2, 0.25) is 0 Å². The fourth-order valence-corrected chi connectivity index (χ4v) is 1.22. The minimum absolute atomic E-state index is 0.164. The van der Waals surface area contributed by atoms with Crippen LogP contribution in [-0.4, -0.2) is 20.8 Å². The molecule has 15 heavy (non-hydrogen) atoms. The number of aldehydes is 1. The van der Waals surface area contributed by atoms with Crippen molar-refractivity contribution in [3.63, 3.8) is 0 Å². The molecule has 0 spiro atoms. The summed E-state index contributed by atoms with van der Waals surface area (Å²) in [5.41, 5.74) is -0.0461. The van der Waals surface area contributed by atoms with Gasteiger partial charge in [-0.3, -0.25) is 4.79 Å². The Morgan fingerprint density at radius 1 is 1.47 bits per heavy atom. The molecule has 0 atom stereocenters. The lowest BCUT2D eigenvalue weighted by Crippen LogP contribution is -2.12. The Hall–Kier alpha value is -1.86. The van der Waals surface area contributed by atoms with Gasteiger partial charge in [0.15, 0.2) is 6.29 Å². The Morgan fingerprint density at radius 2 is 2.13 bits per heavy atom. The molecule has 2 aromatic rings. The average molecular weight is 219 g/mol. The first-order valence-corrected chi connectivity index (χ1v) is 3.82. The normalized spacial score (nSPS) is 12.3. The van der Waals surface area contributed by atoms with Gasteiger partial charge in [-0.25, -0.2) is 4.40 Å². The van der Waals surface area contributed by atoms with Crippen molar-refractivity contribution in [1.82, 2.24) is 14.5 Å². The van der Waals surface area contributed by atoms with E-state index >= 15 is 0 Å². The molecule has 0 saturated carbocycles. The lowest BCUT2D eigenvalue weighted by atomic mass is 10.4. The molecular weight excluding hydrogens is 215 g/mol. The van der Waals surface area contributed by atoms with Crippen molar-refractivity contribution in [2.75, 3.05) is 0 Å². The van der Waals surface area contributed by atoms with Gasteiger partial charge in [0.2, 0.25) is 0 Å². The van der Waals surface area contributed by atoms with Gasteiger partial charge < -0.3 is 4.52 Å². The second-order valence-corrected chi connectivity index (χ2v) is 2.82. The lowest BCUT2D eigenvalue weighted by Gasteiger charge is -2.01. The Balaban J connectivity index is 2.82. The van der Waals surface area contributed by atoms with E-state index < -0.39 is 12.0 Å². The first kappa shape index (κ1) is 9.69. The van der Waals surface area contributed by atoms with E-state index in [1.165, 1.54) is 6.92 Å². The molecule has 0 aromatic carbocycles. The molecule has 0 amide bonds. The van der Waals surface area contributed by atoms with Crippen molar-refractivity contribution in [3.05, 3.63) is 17.2 Å². The summed E-state index contributed by atoms with van der Waals surface area (Å²) in [4.78, 5) is 14.2. The lowest BCUT2D eigenvalue weighted by molar-refractivity contribution is -0.147. The van der Waals surface area contributed by atoms with Crippen LogP contribution in [0.4, 0.5) is 13.2 Å². The number of imidazole rings is 1. The minimum atomic E-state index is -4.68. The summed E-state index contributed by atoms with van der Waals surface area (Å²) in [6, 6.07) is 0. The van der Waals surface area contributed by atoms with Crippen LogP contribution < -0.4 is 0 Å². The van der Waals surface area contributed by atoms with E-state index in [4.69, 9.17) is 0 Å². The van der Waals surface area contributed by atoms with Crippen molar-refractivity contribution >= 4 is 12.1 Å². The predicted octanol–water partition coefficient (Wildman–Crippen LogP) is 1.46. The molecule has 0 bridgehead atoms. The smallest absolute Gasteiger partial charge is 0.314 e. The molecule has 0 N–H and O–H groups in total. The first-order chi connectivity index (χ1) is 6.95. The molecule has 0 radical (unpaired) electrons. The summed E-state index contributed by atoms with van der Waals surface area (Å²) < 4.78 is 42.1. The zero-order valence-corrected chi connectivity index (χ0v) is 7.37. The van der Waals surface area contributed by atoms with Crippen LogP contribution in [0.25, 0.3) is 5.84 Å². The highest BCUT2D eigenvalue weighted by molar-refractivity contribution is 5.75. The van der Waals surface area contributed by atoms with E-state index in [9.17, 15) is 18.0 Å². The molecule has 2 rings (SSSR count). The number of halogens is 3. The zero-order valence-electron chi connectivity index (χ0n) is 7.37. The average Bonchev–Trinajstić information content (AvgIpc) is 2.59. The fourth-order valence-electron chi connectivity index (χ4n) is 1.22. The highest BCUT2D eigenvalue weighted by Gasteiger charge is 2.39. The Kier molecular flexibility index (Phi) is 1.82. The fraction of sp³-hybridized carbons (Fsp3) is 0.286. The van der Waals surface area contributed by atoms with Gasteiger partial charge >= 0.3 is 12.0 Å². The van der Waals surface area contributed by atoms with Gasteiger partial charge in [-0.05, 0) is 6.92 Å². The van der Waals surface area contributed by atoms with Crippen LogP contribution in [0.3, 0.4) is 0 Å². The second-order valence-electron chi connectivity index (χ2n) is 2.82. The predicted molar refractivity (Wildman–Crippen MR) is 40.4 cm³/mol. The van der Waals surface area contributed by atoms with Crippen molar-refractivity contribution in [2.45, 2.75) is 13.1 Å². The SMILES string of the molecule is Cc1nc2onc(C(F)(F)F)n2c1C=O. The van der Waals surface area contributed by atoms with E-state index in [1.807, 2.05) is 0 Å². The third-order valence-corrected chi connectivity index (χ3v) is 1.86. The number of carbonyl (C=O) groups is 1. The number of alkyl halides is 3. The van der Waals surface area contributed by atoms with Gasteiger partial charge in [0.05, 0.1) is 5.69 Å². The zero-order chi connectivity index (χ0) is 11.2. The monoisotopic (exact) mass is 219 g/mol. The highest BCUT2D eigenvalue weighted by Crippen LogP contribution is 2.29. The second kappa shape index (κ2) is 2.81. The number of hydrogen-bond acceptors (Lipinski definition) is 4. The number of carbonyl (C=O) groups excluding carboxylic acids is 1. The Morgan fingerprint density at radius 3 is 2.67 bits per heavy atom. The maximum absolute atomic E-state index is 12.4. The van der Waals surface area contributed by atoms with Crippen LogP contribution in [0.5, 0.6) is 0 Å². The molecule has 80 valence electrons. The van der Waals surface area contributed by atoms with Crippen molar-refractivity contribution in [1.29, 1.82) is 0 Å². The van der Waals surface area contributed by atoms with E-state index in [0.29, 0.717) is 4.40 Å². The molecular formula is C7H4F3N3O2. The topological polar surface area (TPSA) is 60.4 Å². The number of aromatic nitrogens is 3. The maximum atomic E-state index is 12.4.